The molecule has 110 valence electrons. The molecule has 0 saturated carbocycles. The number of likely N-dealkylation sites (N-methyl/N-ethyl adjacent to an activating group) is 1. The molecule has 0 aliphatic carbocycles. The Morgan fingerprint density at radius 3 is 2.35 bits per heavy atom. The summed E-state index contributed by atoms with van der Waals surface area (Å²) in [5.74, 6) is -0.515. The number of nitrogens with one attached hydrogen (secondary N) is 1. The van der Waals surface area contributed by atoms with E-state index >= 15 is 0 Å². The number of aliphatic hydroxyl groups is 1. The van der Waals surface area contributed by atoms with Crippen LogP contribution in [0.5, 0.6) is 0 Å². The topological polar surface area (TPSA) is 69.6 Å². The quantitative estimate of drug-likeness (QED) is 0.845. The Labute approximate surface area is 119 Å². The second-order valence-corrected chi connectivity index (χ2v) is 5.47. The van der Waals surface area contributed by atoms with E-state index in [1.165, 1.54) is 4.90 Å². The summed E-state index contributed by atoms with van der Waals surface area (Å²) in [6.45, 7) is 5.02. The molecule has 0 aliphatic rings. The number of hydrogen-bond acceptors (Lipinski definition) is 3. The van der Waals surface area contributed by atoms with Gasteiger partial charge in [0.1, 0.15) is 0 Å². The first-order valence-corrected chi connectivity index (χ1v) is 6.53. The third-order valence-electron chi connectivity index (χ3n) is 3.25. The molecule has 5 nitrogen and oxygen atoms in total. The maximum absolute atomic E-state index is 12.1. The summed E-state index contributed by atoms with van der Waals surface area (Å²) in [6, 6.07) is 8.79. The summed E-state index contributed by atoms with van der Waals surface area (Å²) in [5, 5.41) is 12.3. The Morgan fingerprint density at radius 2 is 1.85 bits per heavy atom. The van der Waals surface area contributed by atoms with Crippen LogP contribution in [0.15, 0.2) is 30.3 Å². The molecule has 0 radical (unpaired) electrons. The molecule has 1 aromatic rings. The van der Waals surface area contributed by atoms with Gasteiger partial charge in [0, 0.05) is 12.6 Å². The van der Waals surface area contributed by atoms with Crippen LogP contribution < -0.4 is 5.32 Å². The van der Waals surface area contributed by atoms with Gasteiger partial charge in [-0.2, -0.15) is 0 Å². The molecule has 0 saturated heterocycles. The van der Waals surface area contributed by atoms with Crippen LogP contribution in [0.25, 0.3) is 0 Å². The van der Waals surface area contributed by atoms with Gasteiger partial charge in [0.25, 0.3) is 5.91 Å². The average molecular weight is 278 g/mol. The minimum Gasteiger partial charge on any atom is -0.391 e. The predicted octanol–water partition coefficient (Wildman–Crippen LogP) is 1.03. The van der Waals surface area contributed by atoms with Crippen LogP contribution in [0.3, 0.4) is 0 Å². The second kappa shape index (κ2) is 6.52. The summed E-state index contributed by atoms with van der Waals surface area (Å²) in [4.78, 5) is 25.3. The Kier molecular flexibility index (Phi) is 5.27. The Hall–Kier alpha value is -1.88. The zero-order chi connectivity index (χ0) is 15.3. The van der Waals surface area contributed by atoms with E-state index in [-0.39, 0.29) is 18.4 Å². The van der Waals surface area contributed by atoms with Crippen molar-refractivity contribution < 1.29 is 14.7 Å². The van der Waals surface area contributed by atoms with Crippen molar-refractivity contribution in [3.05, 3.63) is 35.9 Å². The van der Waals surface area contributed by atoms with E-state index in [9.17, 15) is 14.7 Å². The first-order chi connectivity index (χ1) is 9.24. The lowest BCUT2D eigenvalue weighted by molar-refractivity contribution is -0.124. The maximum atomic E-state index is 12.1. The van der Waals surface area contributed by atoms with Crippen molar-refractivity contribution in [2.75, 3.05) is 13.6 Å². The highest BCUT2D eigenvalue weighted by Gasteiger charge is 2.26. The van der Waals surface area contributed by atoms with Crippen molar-refractivity contribution in [3.63, 3.8) is 0 Å². The van der Waals surface area contributed by atoms with Crippen LogP contribution in [0, 0.1) is 0 Å². The molecular weight excluding hydrogens is 256 g/mol. The van der Waals surface area contributed by atoms with Crippen molar-refractivity contribution in [1.82, 2.24) is 10.2 Å². The number of nitrogens with zero attached hydrogens (tertiary/aromatic N) is 1. The molecule has 0 fully saturated rings. The molecule has 1 aromatic carbocycles. The third kappa shape index (κ3) is 4.35. The molecular formula is C15H22N2O3. The summed E-state index contributed by atoms with van der Waals surface area (Å²) in [7, 11) is 1.57. The number of carbonyl (C=O) groups excluding carboxylic acids is 2. The molecule has 0 aromatic heterocycles. The van der Waals surface area contributed by atoms with Crippen molar-refractivity contribution in [1.29, 1.82) is 0 Å². The summed E-state index contributed by atoms with van der Waals surface area (Å²) < 4.78 is 0. The molecule has 0 spiro atoms. The van der Waals surface area contributed by atoms with Gasteiger partial charge in [-0.3, -0.25) is 9.59 Å². The van der Waals surface area contributed by atoms with Crippen LogP contribution in [-0.4, -0.2) is 47.1 Å². The minimum absolute atomic E-state index is 0.0517. The molecule has 1 unspecified atom stereocenters. The van der Waals surface area contributed by atoms with E-state index in [2.05, 4.69) is 5.32 Å². The smallest absolute Gasteiger partial charge is 0.254 e. The lowest BCUT2D eigenvalue weighted by Crippen LogP contribution is -2.53. The van der Waals surface area contributed by atoms with Gasteiger partial charge in [0.2, 0.25) is 5.91 Å². The Balaban J connectivity index is 2.60. The van der Waals surface area contributed by atoms with Crippen molar-refractivity contribution >= 4 is 11.8 Å². The van der Waals surface area contributed by atoms with Gasteiger partial charge in [0.15, 0.2) is 0 Å². The average Bonchev–Trinajstić information content (AvgIpc) is 2.37. The molecule has 2 N–H and O–H groups in total. The van der Waals surface area contributed by atoms with E-state index in [4.69, 9.17) is 0 Å². The van der Waals surface area contributed by atoms with Crippen molar-refractivity contribution in [2.45, 2.75) is 32.4 Å². The molecule has 0 aliphatic heterocycles. The van der Waals surface area contributed by atoms with Gasteiger partial charge < -0.3 is 15.3 Å². The zero-order valence-corrected chi connectivity index (χ0v) is 12.4. The van der Waals surface area contributed by atoms with Gasteiger partial charge in [-0.1, -0.05) is 18.2 Å². The van der Waals surface area contributed by atoms with Gasteiger partial charge in [-0.15, -0.1) is 0 Å². The van der Waals surface area contributed by atoms with E-state index < -0.39 is 11.6 Å². The first-order valence-electron chi connectivity index (χ1n) is 6.53. The minimum atomic E-state index is -0.728. The number of rotatable bonds is 5. The number of hydrogen-bond donors (Lipinski definition) is 2. The number of amides is 2. The van der Waals surface area contributed by atoms with Crippen molar-refractivity contribution in [2.24, 2.45) is 0 Å². The molecule has 5 heteroatoms. The lowest BCUT2D eigenvalue weighted by atomic mass is 9.99. The SMILES string of the molecule is CC(O)C(C)(C)NC(=O)CN(C)C(=O)c1ccccc1. The van der Waals surface area contributed by atoms with Crippen molar-refractivity contribution in [3.8, 4) is 0 Å². The van der Waals surface area contributed by atoms with Gasteiger partial charge in [0.05, 0.1) is 18.2 Å². The van der Waals surface area contributed by atoms with Gasteiger partial charge in [-0.25, -0.2) is 0 Å². The van der Waals surface area contributed by atoms with Gasteiger partial charge >= 0.3 is 0 Å². The van der Waals surface area contributed by atoms with Crippen LogP contribution in [0.4, 0.5) is 0 Å². The lowest BCUT2D eigenvalue weighted by Gasteiger charge is -2.30. The van der Waals surface area contributed by atoms with Gasteiger partial charge in [-0.05, 0) is 32.9 Å². The number of aliphatic hydroxyl groups excluding tert-OH is 1. The van der Waals surface area contributed by atoms with Crippen LogP contribution >= 0.6 is 0 Å². The summed E-state index contributed by atoms with van der Waals surface area (Å²) >= 11 is 0. The number of benzene rings is 1. The fourth-order valence-corrected chi connectivity index (χ4v) is 1.59. The summed E-state index contributed by atoms with van der Waals surface area (Å²) in [5.41, 5.74) is -0.189. The Morgan fingerprint density at radius 1 is 1.30 bits per heavy atom. The Bertz CT molecular complexity index is 469. The fourth-order valence-electron chi connectivity index (χ4n) is 1.59. The molecule has 0 bridgehead atoms. The first kappa shape index (κ1) is 16.2. The van der Waals surface area contributed by atoms with Crippen LogP contribution in [0.2, 0.25) is 0 Å². The normalized spacial score (nSPS) is 12.7. The monoisotopic (exact) mass is 278 g/mol. The molecule has 2 amide bonds. The standard InChI is InChI=1S/C15H22N2O3/c1-11(18)15(2,3)16-13(19)10-17(4)14(20)12-8-6-5-7-9-12/h5-9,11,18H,10H2,1-4H3,(H,16,19). The molecule has 1 atom stereocenters. The fraction of sp³-hybridized carbons (Fsp3) is 0.467. The van der Waals surface area contributed by atoms with Crippen LogP contribution in [-0.2, 0) is 4.79 Å². The highest BCUT2D eigenvalue weighted by atomic mass is 16.3. The molecule has 0 heterocycles. The third-order valence-corrected chi connectivity index (χ3v) is 3.25. The van der Waals surface area contributed by atoms with E-state index in [0.717, 1.165) is 0 Å². The van der Waals surface area contributed by atoms with E-state index in [0.29, 0.717) is 5.56 Å². The predicted molar refractivity (Wildman–Crippen MR) is 77.3 cm³/mol. The van der Waals surface area contributed by atoms with E-state index in [1.54, 1.807) is 52.1 Å². The highest BCUT2D eigenvalue weighted by Crippen LogP contribution is 2.08. The number of carbonyl (C=O) groups is 2. The molecule has 20 heavy (non-hydrogen) atoms. The zero-order valence-electron chi connectivity index (χ0n) is 12.4. The maximum Gasteiger partial charge on any atom is 0.254 e. The van der Waals surface area contributed by atoms with E-state index in [1.807, 2.05) is 6.07 Å². The largest absolute Gasteiger partial charge is 0.391 e. The van der Waals surface area contributed by atoms with Crippen LogP contribution in [0.1, 0.15) is 31.1 Å². The molecule has 1 rings (SSSR count). The second-order valence-electron chi connectivity index (χ2n) is 5.47. The highest BCUT2D eigenvalue weighted by molar-refractivity contribution is 5.96. The summed E-state index contributed by atoms with van der Waals surface area (Å²) in [6.07, 6.45) is -0.679.